The maximum atomic E-state index is 5.86. The average molecular weight is 244 g/mol. The summed E-state index contributed by atoms with van der Waals surface area (Å²) in [6.45, 7) is 2.20. The van der Waals surface area contributed by atoms with Crippen molar-refractivity contribution in [3.8, 4) is 0 Å². The van der Waals surface area contributed by atoms with Crippen molar-refractivity contribution in [1.82, 2.24) is 0 Å². The van der Waals surface area contributed by atoms with Crippen LogP contribution in [0.1, 0.15) is 38.3 Å². The molecule has 0 unspecified atom stereocenters. The standard InChI is InChI=1S/C15H20N2.CH4/c1-2-5-12-6-3-4-7-14(12)13-8-10-15(16,17)11-9-13;/h3-4,6-10H,2,5,11,16-17H2,1H3;1H4. The summed E-state index contributed by atoms with van der Waals surface area (Å²) in [5.41, 5.74) is 15.0. The zero-order valence-electron chi connectivity index (χ0n) is 10.3. The van der Waals surface area contributed by atoms with E-state index in [1.54, 1.807) is 0 Å². The monoisotopic (exact) mass is 244 g/mol. The molecule has 2 heteroatoms. The van der Waals surface area contributed by atoms with Crippen LogP contribution in [0.3, 0.4) is 0 Å². The van der Waals surface area contributed by atoms with Gasteiger partial charge >= 0.3 is 0 Å². The Balaban J connectivity index is 0.00000162. The van der Waals surface area contributed by atoms with Gasteiger partial charge in [-0.25, -0.2) is 0 Å². The van der Waals surface area contributed by atoms with E-state index in [9.17, 15) is 0 Å². The minimum absolute atomic E-state index is 0. The molecule has 0 saturated heterocycles. The largest absolute Gasteiger partial charge is 0.310 e. The fourth-order valence-electron chi connectivity index (χ4n) is 2.16. The predicted molar refractivity (Wildman–Crippen MR) is 80.0 cm³/mol. The van der Waals surface area contributed by atoms with Crippen LogP contribution in [0.15, 0.2) is 42.5 Å². The summed E-state index contributed by atoms with van der Waals surface area (Å²) in [5, 5.41) is 0. The topological polar surface area (TPSA) is 52.0 Å². The molecule has 18 heavy (non-hydrogen) atoms. The summed E-state index contributed by atoms with van der Waals surface area (Å²) in [5.74, 6) is 0. The van der Waals surface area contributed by atoms with Crippen LogP contribution in [0.25, 0.3) is 5.57 Å². The first-order valence-corrected chi connectivity index (χ1v) is 6.18. The Kier molecular flexibility index (Phi) is 4.88. The summed E-state index contributed by atoms with van der Waals surface area (Å²) in [4.78, 5) is 0. The highest BCUT2D eigenvalue weighted by atomic mass is 14.9. The number of nitrogens with two attached hydrogens (primary N) is 2. The number of rotatable bonds is 3. The van der Waals surface area contributed by atoms with Gasteiger partial charge in [0, 0.05) is 6.42 Å². The molecule has 0 spiro atoms. The Morgan fingerprint density at radius 1 is 1.22 bits per heavy atom. The van der Waals surface area contributed by atoms with E-state index in [-0.39, 0.29) is 7.43 Å². The fraction of sp³-hybridized carbons (Fsp3) is 0.375. The Morgan fingerprint density at radius 3 is 2.56 bits per heavy atom. The SMILES string of the molecule is C.CCCc1ccccc1C1=CCC(N)(N)C=C1. The molecule has 0 atom stereocenters. The van der Waals surface area contributed by atoms with E-state index in [0.29, 0.717) is 6.42 Å². The van der Waals surface area contributed by atoms with E-state index in [1.165, 1.54) is 16.7 Å². The Hall–Kier alpha value is -1.38. The molecule has 2 nitrogen and oxygen atoms in total. The second kappa shape index (κ2) is 5.98. The minimum atomic E-state index is -0.677. The maximum absolute atomic E-state index is 5.86. The second-order valence-electron chi connectivity index (χ2n) is 4.72. The number of hydrogen-bond donors (Lipinski definition) is 2. The van der Waals surface area contributed by atoms with E-state index >= 15 is 0 Å². The second-order valence-corrected chi connectivity index (χ2v) is 4.72. The highest BCUT2D eigenvalue weighted by Crippen LogP contribution is 2.26. The molecule has 0 saturated carbocycles. The number of aryl methyl sites for hydroxylation is 1. The van der Waals surface area contributed by atoms with Gasteiger partial charge in [0.05, 0.1) is 5.66 Å². The molecule has 0 fully saturated rings. The molecule has 1 aliphatic rings. The lowest BCUT2D eigenvalue weighted by Crippen LogP contribution is -2.47. The quantitative estimate of drug-likeness (QED) is 0.802. The molecule has 1 aromatic carbocycles. The molecule has 1 aromatic rings. The van der Waals surface area contributed by atoms with Crippen LogP contribution in [0.5, 0.6) is 0 Å². The van der Waals surface area contributed by atoms with Gasteiger partial charge < -0.3 is 11.5 Å². The molecular weight excluding hydrogens is 220 g/mol. The van der Waals surface area contributed by atoms with Crippen LogP contribution in [-0.4, -0.2) is 5.66 Å². The van der Waals surface area contributed by atoms with Gasteiger partial charge in [-0.3, -0.25) is 0 Å². The smallest absolute Gasteiger partial charge is 0.0867 e. The summed E-state index contributed by atoms with van der Waals surface area (Å²) in [6, 6.07) is 8.54. The average Bonchev–Trinajstić information content (AvgIpc) is 2.31. The first kappa shape index (κ1) is 14.7. The summed E-state index contributed by atoms with van der Waals surface area (Å²) < 4.78 is 0. The van der Waals surface area contributed by atoms with Crippen molar-refractivity contribution < 1.29 is 0 Å². The van der Waals surface area contributed by atoms with Crippen LogP contribution in [0, 0.1) is 0 Å². The lowest BCUT2D eigenvalue weighted by molar-refractivity contribution is 0.558. The maximum Gasteiger partial charge on any atom is 0.0867 e. The van der Waals surface area contributed by atoms with Crippen LogP contribution in [0.2, 0.25) is 0 Å². The van der Waals surface area contributed by atoms with Crippen LogP contribution < -0.4 is 11.5 Å². The first-order valence-electron chi connectivity index (χ1n) is 6.18. The normalized spacial score (nSPS) is 16.9. The lowest BCUT2D eigenvalue weighted by atomic mass is 9.90. The third-order valence-electron chi connectivity index (χ3n) is 3.10. The van der Waals surface area contributed by atoms with Crippen molar-refractivity contribution in [3.05, 3.63) is 53.6 Å². The van der Waals surface area contributed by atoms with E-state index in [2.05, 4.69) is 37.3 Å². The molecular formula is C16H24N2. The molecule has 0 bridgehead atoms. The van der Waals surface area contributed by atoms with E-state index < -0.39 is 5.66 Å². The molecule has 2 rings (SSSR count). The van der Waals surface area contributed by atoms with Gasteiger partial charge in [0.1, 0.15) is 0 Å². The zero-order valence-corrected chi connectivity index (χ0v) is 10.3. The van der Waals surface area contributed by atoms with Gasteiger partial charge in [-0.15, -0.1) is 0 Å². The molecule has 0 aromatic heterocycles. The summed E-state index contributed by atoms with van der Waals surface area (Å²) >= 11 is 0. The molecule has 1 aliphatic carbocycles. The number of hydrogen-bond acceptors (Lipinski definition) is 2. The molecule has 0 amide bonds. The van der Waals surface area contributed by atoms with Gasteiger partial charge in [-0.2, -0.15) is 0 Å². The van der Waals surface area contributed by atoms with E-state index in [1.807, 2.05) is 12.2 Å². The number of allylic oxidation sites excluding steroid dienone is 2. The van der Waals surface area contributed by atoms with Gasteiger partial charge in [0.15, 0.2) is 0 Å². The summed E-state index contributed by atoms with van der Waals surface area (Å²) in [6.07, 6.45) is 9.03. The Bertz CT molecular complexity index is 456. The van der Waals surface area contributed by atoms with Gasteiger partial charge in [-0.05, 0) is 29.2 Å². The third kappa shape index (κ3) is 3.31. The summed E-state index contributed by atoms with van der Waals surface area (Å²) in [7, 11) is 0. The molecule has 98 valence electrons. The van der Waals surface area contributed by atoms with Crippen molar-refractivity contribution in [2.45, 2.75) is 39.3 Å². The molecule has 0 radical (unpaired) electrons. The van der Waals surface area contributed by atoms with Gasteiger partial charge in [0.25, 0.3) is 0 Å². The van der Waals surface area contributed by atoms with Crippen molar-refractivity contribution in [1.29, 1.82) is 0 Å². The predicted octanol–water partition coefficient (Wildman–Crippen LogP) is 3.23. The highest BCUT2D eigenvalue weighted by Gasteiger charge is 2.18. The Labute approximate surface area is 110 Å². The van der Waals surface area contributed by atoms with Crippen molar-refractivity contribution >= 4 is 5.57 Å². The van der Waals surface area contributed by atoms with Gasteiger partial charge in [0.2, 0.25) is 0 Å². The zero-order chi connectivity index (χ0) is 12.3. The fourth-order valence-corrected chi connectivity index (χ4v) is 2.16. The van der Waals surface area contributed by atoms with Crippen LogP contribution in [0.4, 0.5) is 0 Å². The highest BCUT2D eigenvalue weighted by molar-refractivity contribution is 5.77. The van der Waals surface area contributed by atoms with Crippen LogP contribution >= 0.6 is 0 Å². The van der Waals surface area contributed by atoms with E-state index in [4.69, 9.17) is 11.5 Å². The van der Waals surface area contributed by atoms with Gasteiger partial charge in [-0.1, -0.05) is 57.2 Å². The minimum Gasteiger partial charge on any atom is -0.310 e. The molecule has 0 heterocycles. The Morgan fingerprint density at radius 2 is 1.94 bits per heavy atom. The third-order valence-corrected chi connectivity index (χ3v) is 3.10. The number of benzene rings is 1. The molecule has 0 aliphatic heterocycles. The van der Waals surface area contributed by atoms with Crippen molar-refractivity contribution in [2.24, 2.45) is 11.5 Å². The van der Waals surface area contributed by atoms with Crippen LogP contribution in [-0.2, 0) is 6.42 Å². The lowest BCUT2D eigenvalue weighted by Gasteiger charge is -2.23. The van der Waals surface area contributed by atoms with Crippen molar-refractivity contribution in [3.63, 3.8) is 0 Å². The van der Waals surface area contributed by atoms with Crippen molar-refractivity contribution in [2.75, 3.05) is 0 Å². The molecule has 4 N–H and O–H groups in total. The van der Waals surface area contributed by atoms with E-state index in [0.717, 1.165) is 12.8 Å². The first-order chi connectivity index (χ1) is 8.12.